The zero-order valence-corrected chi connectivity index (χ0v) is 13.3. The summed E-state index contributed by atoms with van der Waals surface area (Å²) in [6.45, 7) is -0.143. The van der Waals surface area contributed by atoms with Gasteiger partial charge in [-0.1, -0.05) is 30.3 Å². The van der Waals surface area contributed by atoms with Gasteiger partial charge in [0.2, 0.25) is 0 Å². The SMILES string of the molecule is COC(=O)c1ccccc1C(=O)OCc1nnnn1-c1ccccc1. The van der Waals surface area contributed by atoms with Crippen molar-refractivity contribution in [2.24, 2.45) is 0 Å². The van der Waals surface area contributed by atoms with Crippen LogP contribution in [0.25, 0.3) is 5.69 Å². The van der Waals surface area contributed by atoms with Gasteiger partial charge in [0.15, 0.2) is 12.4 Å². The molecule has 25 heavy (non-hydrogen) atoms. The number of methoxy groups -OCH3 is 1. The standard InChI is InChI=1S/C17H14N4O4/c1-24-16(22)13-9-5-6-10-14(13)17(23)25-11-15-18-19-20-21(15)12-7-3-2-4-8-12/h2-10H,11H2,1H3. The topological polar surface area (TPSA) is 96.2 Å². The summed E-state index contributed by atoms with van der Waals surface area (Å²) in [7, 11) is 1.25. The molecule has 0 amide bonds. The van der Waals surface area contributed by atoms with E-state index in [1.807, 2.05) is 30.3 Å². The molecule has 0 N–H and O–H groups in total. The van der Waals surface area contributed by atoms with Crippen LogP contribution in [0.4, 0.5) is 0 Å². The zero-order valence-electron chi connectivity index (χ0n) is 13.3. The average molecular weight is 338 g/mol. The average Bonchev–Trinajstić information content (AvgIpc) is 3.14. The predicted molar refractivity (Wildman–Crippen MR) is 86.1 cm³/mol. The molecule has 0 bridgehead atoms. The van der Waals surface area contributed by atoms with Gasteiger partial charge in [0.1, 0.15) is 0 Å². The van der Waals surface area contributed by atoms with Gasteiger partial charge in [-0.2, -0.15) is 4.68 Å². The Balaban J connectivity index is 1.77. The van der Waals surface area contributed by atoms with Crippen LogP contribution in [0.2, 0.25) is 0 Å². The number of nitrogens with zero attached hydrogens (tertiary/aromatic N) is 4. The first-order valence-electron chi connectivity index (χ1n) is 7.38. The number of hydrogen-bond donors (Lipinski definition) is 0. The molecule has 0 radical (unpaired) electrons. The molecule has 0 spiro atoms. The molecule has 0 fully saturated rings. The largest absolute Gasteiger partial charge is 0.465 e. The predicted octanol–water partition coefficient (Wildman–Crippen LogP) is 1.81. The summed E-state index contributed by atoms with van der Waals surface area (Å²) in [6, 6.07) is 15.5. The lowest BCUT2D eigenvalue weighted by Crippen LogP contribution is -2.14. The summed E-state index contributed by atoms with van der Waals surface area (Å²) < 4.78 is 11.4. The van der Waals surface area contributed by atoms with Crippen molar-refractivity contribution in [3.8, 4) is 5.69 Å². The highest BCUT2D eigenvalue weighted by Crippen LogP contribution is 2.13. The lowest BCUT2D eigenvalue weighted by Gasteiger charge is -2.08. The van der Waals surface area contributed by atoms with Crippen molar-refractivity contribution in [1.82, 2.24) is 20.2 Å². The molecule has 0 atom stereocenters. The fourth-order valence-corrected chi connectivity index (χ4v) is 2.22. The van der Waals surface area contributed by atoms with Crippen LogP contribution in [-0.4, -0.2) is 39.3 Å². The fraction of sp³-hybridized carbons (Fsp3) is 0.118. The van der Waals surface area contributed by atoms with Gasteiger partial charge in [0.25, 0.3) is 0 Å². The van der Waals surface area contributed by atoms with E-state index in [1.165, 1.54) is 23.9 Å². The van der Waals surface area contributed by atoms with Crippen molar-refractivity contribution in [2.45, 2.75) is 6.61 Å². The molecule has 0 unspecified atom stereocenters. The van der Waals surface area contributed by atoms with Crippen molar-refractivity contribution in [3.63, 3.8) is 0 Å². The van der Waals surface area contributed by atoms with Crippen LogP contribution >= 0.6 is 0 Å². The number of carbonyl (C=O) groups excluding carboxylic acids is 2. The Bertz CT molecular complexity index is 892. The van der Waals surface area contributed by atoms with Gasteiger partial charge in [0, 0.05) is 0 Å². The highest BCUT2D eigenvalue weighted by atomic mass is 16.5. The molecule has 0 aliphatic carbocycles. The quantitative estimate of drug-likeness (QED) is 0.654. The molecule has 0 aliphatic rings. The maximum Gasteiger partial charge on any atom is 0.339 e. The minimum Gasteiger partial charge on any atom is -0.465 e. The van der Waals surface area contributed by atoms with Crippen LogP contribution in [0.3, 0.4) is 0 Å². The van der Waals surface area contributed by atoms with Crippen LogP contribution in [0.15, 0.2) is 54.6 Å². The highest BCUT2D eigenvalue weighted by molar-refractivity contribution is 6.03. The maximum atomic E-state index is 12.3. The second-order valence-corrected chi connectivity index (χ2v) is 4.96. The lowest BCUT2D eigenvalue weighted by atomic mass is 10.1. The second kappa shape index (κ2) is 7.35. The van der Waals surface area contributed by atoms with Crippen molar-refractivity contribution < 1.29 is 19.1 Å². The van der Waals surface area contributed by atoms with Crippen molar-refractivity contribution in [3.05, 3.63) is 71.5 Å². The summed E-state index contributed by atoms with van der Waals surface area (Å²) in [5.74, 6) is -0.916. The van der Waals surface area contributed by atoms with E-state index in [4.69, 9.17) is 4.74 Å². The lowest BCUT2D eigenvalue weighted by molar-refractivity contribution is 0.0445. The number of para-hydroxylation sites is 1. The van der Waals surface area contributed by atoms with Crippen LogP contribution in [0.5, 0.6) is 0 Å². The van der Waals surface area contributed by atoms with Crippen LogP contribution < -0.4 is 0 Å². The van der Waals surface area contributed by atoms with E-state index < -0.39 is 11.9 Å². The van der Waals surface area contributed by atoms with Crippen LogP contribution in [0.1, 0.15) is 26.5 Å². The van der Waals surface area contributed by atoms with E-state index >= 15 is 0 Å². The zero-order chi connectivity index (χ0) is 17.6. The third-order valence-corrected chi connectivity index (χ3v) is 3.42. The van der Waals surface area contributed by atoms with Crippen molar-refractivity contribution >= 4 is 11.9 Å². The summed E-state index contributed by atoms with van der Waals surface area (Å²) in [5.41, 5.74) is 0.999. The third-order valence-electron chi connectivity index (χ3n) is 3.42. The van der Waals surface area contributed by atoms with Gasteiger partial charge >= 0.3 is 11.9 Å². The number of benzene rings is 2. The van der Waals surface area contributed by atoms with Gasteiger partial charge in [-0.25, -0.2) is 9.59 Å². The van der Waals surface area contributed by atoms with E-state index in [1.54, 1.807) is 12.1 Å². The molecule has 2 aromatic carbocycles. The highest BCUT2D eigenvalue weighted by Gasteiger charge is 2.19. The summed E-state index contributed by atoms with van der Waals surface area (Å²) in [6.07, 6.45) is 0. The molecule has 0 aliphatic heterocycles. The van der Waals surface area contributed by atoms with E-state index in [-0.39, 0.29) is 17.7 Å². The van der Waals surface area contributed by atoms with Crippen LogP contribution in [-0.2, 0) is 16.1 Å². The van der Waals surface area contributed by atoms with Gasteiger partial charge in [-0.15, -0.1) is 5.10 Å². The number of tetrazole rings is 1. The Hall–Kier alpha value is -3.55. The summed E-state index contributed by atoms with van der Waals surface area (Å²) in [5, 5.41) is 11.4. The number of rotatable bonds is 5. The number of carbonyl (C=O) groups is 2. The molecule has 126 valence electrons. The first kappa shape index (κ1) is 16.3. The molecule has 0 saturated heterocycles. The summed E-state index contributed by atoms with van der Waals surface area (Å²) in [4.78, 5) is 24.1. The Morgan fingerprint density at radius 2 is 1.60 bits per heavy atom. The first-order chi connectivity index (χ1) is 12.2. The number of hydrogen-bond acceptors (Lipinski definition) is 7. The van der Waals surface area contributed by atoms with E-state index in [0.29, 0.717) is 5.82 Å². The molecule has 3 rings (SSSR count). The Labute approximate surface area is 143 Å². The number of ether oxygens (including phenoxy) is 2. The van der Waals surface area contributed by atoms with Crippen LogP contribution in [0, 0.1) is 0 Å². The maximum absolute atomic E-state index is 12.3. The van der Waals surface area contributed by atoms with Crippen molar-refractivity contribution in [2.75, 3.05) is 7.11 Å². The van der Waals surface area contributed by atoms with E-state index in [0.717, 1.165) is 5.69 Å². The van der Waals surface area contributed by atoms with E-state index in [9.17, 15) is 9.59 Å². The molecule has 8 heteroatoms. The molecular weight excluding hydrogens is 324 g/mol. The molecule has 3 aromatic rings. The number of esters is 2. The van der Waals surface area contributed by atoms with E-state index in [2.05, 4.69) is 20.3 Å². The van der Waals surface area contributed by atoms with Crippen molar-refractivity contribution in [1.29, 1.82) is 0 Å². The molecule has 1 aromatic heterocycles. The molecular formula is C17H14N4O4. The Morgan fingerprint density at radius 1 is 0.960 bits per heavy atom. The smallest absolute Gasteiger partial charge is 0.339 e. The third kappa shape index (κ3) is 3.52. The normalized spacial score (nSPS) is 10.3. The Kier molecular flexibility index (Phi) is 4.79. The summed E-state index contributed by atoms with van der Waals surface area (Å²) >= 11 is 0. The van der Waals surface area contributed by atoms with Gasteiger partial charge < -0.3 is 9.47 Å². The molecule has 1 heterocycles. The molecule has 8 nitrogen and oxygen atoms in total. The second-order valence-electron chi connectivity index (χ2n) is 4.96. The molecule has 0 saturated carbocycles. The Morgan fingerprint density at radius 3 is 2.28 bits per heavy atom. The van der Waals surface area contributed by atoms with Gasteiger partial charge in [0.05, 0.1) is 23.9 Å². The van der Waals surface area contributed by atoms with Gasteiger partial charge in [-0.05, 0) is 34.7 Å². The minimum absolute atomic E-state index is 0.119. The van der Waals surface area contributed by atoms with Gasteiger partial charge in [-0.3, -0.25) is 0 Å². The fourth-order valence-electron chi connectivity index (χ4n) is 2.22. The monoisotopic (exact) mass is 338 g/mol. The first-order valence-corrected chi connectivity index (χ1v) is 7.38. The number of aromatic nitrogens is 4. The minimum atomic E-state index is -0.663.